The number of aliphatic hydroxyl groups is 1. The van der Waals surface area contributed by atoms with Crippen LogP contribution in [0.2, 0.25) is 0 Å². The van der Waals surface area contributed by atoms with Crippen LogP contribution in [0.3, 0.4) is 0 Å². The predicted octanol–water partition coefficient (Wildman–Crippen LogP) is 2.16. The Balaban J connectivity index is 2.08. The van der Waals surface area contributed by atoms with Gasteiger partial charge in [0.15, 0.2) is 0 Å². The van der Waals surface area contributed by atoms with Crippen LogP contribution in [0.15, 0.2) is 18.2 Å². The van der Waals surface area contributed by atoms with Crippen molar-refractivity contribution < 1.29 is 9.84 Å². The van der Waals surface area contributed by atoms with E-state index in [0.29, 0.717) is 13.0 Å². The molecule has 3 rings (SSSR count). The van der Waals surface area contributed by atoms with Crippen LogP contribution in [0.4, 0.5) is 0 Å². The third-order valence-corrected chi connectivity index (χ3v) is 3.33. The van der Waals surface area contributed by atoms with E-state index in [4.69, 9.17) is 4.74 Å². The molecule has 1 aliphatic rings. The molecule has 1 unspecified atom stereocenters. The Morgan fingerprint density at radius 1 is 1.47 bits per heavy atom. The number of fused-ring (bicyclic) bond motifs is 3. The van der Waals surface area contributed by atoms with Gasteiger partial charge in [0.25, 0.3) is 0 Å². The molecule has 0 bridgehead atoms. The number of rotatable bonds is 2. The Labute approximate surface area is 100 Å². The molecule has 2 heterocycles. The monoisotopic (exact) mass is 231 g/mol. The molecule has 0 radical (unpaired) electrons. The molecular formula is C14H17NO2. The Bertz CT molecular complexity index is 542. The Morgan fingerprint density at radius 3 is 3.18 bits per heavy atom. The van der Waals surface area contributed by atoms with Crippen molar-refractivity contribution in [1.29, 1.82) is 0 Å². The van der Waals surface area contributed by atoms with Crippen LogP contribution in [0.25, 0.3) is 10.9 Å². The molecule has 90 valence electrons. The normalized spacial score (nSPS) is 17.1. The lowest BCUT2D eigenvalue weighted by molar-refractivity contribution is 0.111. The zero-order chi connectivity index (χ0) is 11.8. The SMILES string of the molecule is CC(O)Cc1ccc2[nH]c3c(c2c1)COCC3. The quantitative estimate of drug-likeness (QED) is 0.832. The minimum absolute atomic E-state index is 0.293. The fourth-order valence-electron chi connectivity index (χ4n) is 2.55. The highest BCUT2D eigenvalue weighted by molar-refractivity contribution is 5.85. The number of hydrogen-bond donors (Lipinski definition) is 2. The summed E-state index contributed by atoms with van der Waals surface area (Å²) < 4.78 is 5.51. The second-order valence-corrected chi connectivity index (χ2v) is 4.82. The number of ether oxygens (including phenoxy) is 1. The van der Waals surface area contributed by atoms with E-state index < -0.39 is 0 Å². The summed E-state index contributed by atoms with van der Waals surface area (Å²) in [4.78, 5) is 3.45. The van der Waals surface area contributed by atoms with Crippen molar-refractivity contribution in [1.82, 2.24) is 4.98 Å². The van der Waals surface area contributed by atoms with E-state index in [-0.39, 0.29) is 6.10 Å². The molecule has 3 heteroatoms. The number of aliphatic hydroxyl groups excluding tert-OH is 1. The summed E-state index contributed by atoms with van der Waals surface area (Å²) in [5.74, 6) is 0. The van der Waals surface area contributed by atoms with Gasteiger partial charge in [-0.2, -0.15) is 0 Å². The minimum Gasteiger partial charge on any atom is -0.393 e. The predicted molar refractivity (Wildman–Crippen MR) is 67.0 cm³/mol. The highest BCUT2D eigenvalue weighted by Crippen LogP contribution is 2.27. The number of H-pyrrole nitrogens is 1. The smallest absolute Gasteiger partial charge is 0.0740 e. The van der Waals surface area contributed by atoms with Gasteiger partial charge < -0.3 is 14.8 Å². The number of nitrogens with one attached hydrogen (secondary N) is 1. The van der Waals surface area contributed by atoms with Crippen molar-refractivity contribution in [3.63, 3.8) is 0 Å². The van der Waals surface area contributed by atoms with E-state index in [1.54, 1.807) is 0 Å². The summed E-state index contributed by atoms with van der Waals surface area (Å²) in [6.45, 7) is 3.33. The molecule has 0 saturated carbocycles. The summed E-state index contributed by atoms with van der Waals surface area (Å²) in [6.07, 6.45) is 1.38. The second-order valence-electron chi connectivity index (χ2n) is 4.82. The summed E-state index contributed by atoms with van der Waals surface area (Å²) >= 11 is 0. The van der Waals surface area contributed by atoms with Crippen molar-refractivity contribution >= 4 is 10.9 Å². The Kier molecular flexibility index (Phi) is 2.65. The first-order valence-corrected chi connectivity index (χ1v) is 6.12. The molecule has 1 aliphatic heterocycles. The zero-order valence-electron chi connectivity index (χ0n) is 9.99. The van der Waals surface area contributed by atoms with E-state index in [1.165, 1.54) is 27.7 Å². The van der Waals surface area contributed by atoms with Crippen LogP contribution >= 0.6 is 0 Å². The van der Waals surface area contributed by atoms with Crippen molar-refractivity contribution in [2.45, 2.75) is 32.5 Å². The lowest BCUT2D eigenvalue weighted by Crippen LogP contribution is -2.08. The van der Waals surface area contributed by atoms with Gasteiger partial charge in [0.05, 0.1) is 19.3 Å². The van der Waals surface area contributed by atoms with E-state index in [0.717, 1.165) is 13.0 Å². The molecule has 17 heavy (non-hydrogen) atoms. The van der Waals surface area contributed by atoms with Crippen LogP contribution in [-0.4, -0.2) is 22.8 Å². The molecule has 0 fully saturated rings. The van der Waals surface area contributed by atoms with E-state index >= 15 is 0 Å². The van der Waals surface area contributed by atoms with Crippen LogP contribution < -0.4 is 0 Å². The van der Waals surface area contributed by atoms with Crippen molar-refractivity contribution in [3.8, 4) is 0 Å². The van der Waals surface area contributed by atoms with Crippen LogP contribution in [0.1, 0.15) is 23.7 Å². The molecule has 0 amide bonds. The second kappa shape index (κ2) is 4.17. The third kappa shape index (κ3) is 1.96. The summed E-state index contributed by atoms with van der Waals surface area (Å²) in [5.41, 5.74) is 4.95. The van der Waals surface area contributed by atoms with E-state index in [9.17, 15) is 5.11 Å². The van der Waals surface area contributed by atoms with Crippen LogP contribution in [-0.2, 0) is 24.2 Å². The first-order valence-electron chi connectivity index (χ1n) is 6.12. The molecule has 2 N–H and O–H groups in total. The molecule has 1 atom stereocenters. The lowest BCUT2D eigenvalue weighted by Gasteiger charge is -2.12. The molecular weight excluding hydrogens is 214 g/mol. The van der Waals surface area contributed by atoms with Gasteiger partial charge in [-0.3, -0.25) is 0 Å². The van der Waals surface area contributed by atoms with Gasteiger partial charge in [0.1, 0.15) is 0 Å². The molecule has 1 aromatic heterocycles. The van der Waals surface area contributed by atoms with Gasteiger partial charge in [-0.15, -0.1) is 0 Å². The van der Waals surface area contributed by atoms with Crippen molar-refractivity contribution in [2.24, 2.45) is 0 Å². The zero-order valence-corrected chi connectivity index (χ0v) is 9.99. The maximum Gasteiger partial charge on any atom is 0.0740 e. The number of aromatic nitrogens is 1. The standard InChI is InChI=1S/C14H17NO2/c1-9(16)6-10-2-3-13-11(7-10)12-8-17-5-4-14(12)15-13/h2-3,7,9,15-16H,4-6,8H2,1H3. The van der Waals surface area contributed by atoms with Crippen molar-refractivity contribution in [3.05, 3.63) is 35.0 Å². The third-order valence-electron chi connectivity index (χ3n) is 3.33. The van der Waals surface area contributed by atoms with Gasteiger partial charge in [-0.25, -0.2) is 0 Å². The van der Waals surface area contributed by atoms with Gasteiger partial charge in [0, 0.05) is 28.6 Å². The summed E-state index contributed by atoms with van der Waals surface area (Å²) in [7, 11) is 0. The molecule has 3 nitrogen and oxygen atoms in total. The van der Waals surface area contributed by atoms with Gasteiger partial charge in [0.2, 0.25) is 0 Å². The topological polar surface area (TPSA) is 45.2 Å². The Morgan fingerprint density at radius 2 is 2.35 bits per heavy atom. The van der Waals surface area contributed by atoms with Gasteiger partial charge in [-0.05, 0) is 31.0 Å². The maximum absolute atomic E-state index is 9.43. The molecule has 0 aliphatic carbocycles. The van der Waals surface area contributed by atoms with Crippen molar-refractivity contribution in [2.75, 3.05) is 6.61 Å². The van der Waals surface area contributed by atoms with Gasteiger partial charge in [-0.1, -0.05) is 6.07 Å². The number of aromatic amines is 1. The van der Waals surface area contributed by atoms with E-state index in [1.807, 2.05) is 6.92 Å². The average molecular weight is 231 g/mol. The summed E-state index contributed by atoms with van der Waals surface area (Å²) in [5, 5.41) is 10.7. The number of benzene rings is 1. The summed E-state index contributed by atoms with van der Waals surface area (Å²) in [6, 6.07) is 6.36. The molecule has 0 saturated heterocycles. The lowest BCUT2D eigenvalue weighted by atomic mass is 10.0. The van der Waals surface area contributed by atoms with Gasteiger partial charge >= 0.3 is 0 Å². The van der Waals surface area contributed by atoms with Crippen LogP contribution in [0, 0.1) is 0 Å². The average Bonchev–Trinajstić information content (AvgIpc) is 2.66. The minimum atomic E-state index is -0.293. The molecule has 0 spiro atoms. The van der Waals surface area contributed by atoms with E-state index in [2.05, 4.69) is 23.2 Å². The molecule has 2 aromatic rings. The van der Waals surface area contributed by atoms with Crippen LogP contribution in [0.5, 0.6) is 0 Å². The molecule has 1 aromatic carbocycles. The highest BCUT2D eigenvalue weighted by atomic mass is 16.5. The number of hydrogen-bond acceptors (Lipinski definition) is 2. The largest absolute Gasteiger partial charge is 0.393 e. The maximum atomic E-state index is 9.43. The fraction of sp³-hybridized carbons (Fsp3) is 0.429. The first kappa shape index (κ1) is 10.8. The Hall–Kier alpha value is -1.32. The fourth-order valence-corrected chi connectivity index (χ4v) is 2.55. The highest BCUT2D eigenvalue weighted by Gasteiger charge is 2.15. The first-order chi connectivity index (χ1) is 8.24.